The number of fused-ring (bicyclic) bond motifs is 1. The fourth-order valence-electron chi connectivity index (χ4n) is 5.12. The Morgan fingerprint density at radius 2 is 1.81 bits per heavy atom. The van der Waals surface area contributed by atoms with Gasteiger partial charge in [0.1, 0.15) is 5.82 Å². The first-order valence-corrected chi connectivity index (χ1v) is 13.7. The number of hydrogen-bond acceptors (Lipinski definition) is 3. The van der Waals surface area contributed by atoms with Crippen molar-refractivity contribution in [3.05, 3.63) is 100 Å². The third kappa shape index (κ3) is 5.64. The number of anilines is 1. The zero-order chi connectivity index (χ0) is 25.9. The van der Waals surface area contributed by atoms with Crippen LogP contribution in [0.3, 0.4) is 0 Å². The maximum absolute atomic E-state index is 13.7. The van der Waals surface area contributed by atoms with Crippen LogP contribution in [-0.4, -0.2) is 17.9 Å². The zero-order valence-electron chi connectivity index (χ0n) is 21.1. The average Bonchev–Trinajstić information content (AvgIpc) is 2.90. The van der Waals surface area contributed by atoms with Crippen LogP contribution in [-0.2, 0) is 11.3 Å². The summed E-state index contributed by atoms with van der Waals surface area (Å²) in [6.07, 6.45) is 5.19. The highest BCUT2D eigenvalue weighted by molar-refractivity contribution is 8.04. The third-order valence-electron chi connectivity index (χ3n) is 7.56. The van der Waals surface area contributed by atoms with Crippen molar-refractivity contribution in [3.63, 3.8) is 0 Å². The summed E-state index contributed by atoms with van der Waals surface area (Å²) in [7, 11) is 0. The molecule has 3 unspecified atom stereocenters. The van der Waals surface area contributed by atoms with Crippen LogP contribution < -0.4 is 10.2 Å². The highest BCUT2D eigenvalue weighted by Crippen LogP contribution is 2.43. The number of amides is 2. The lowest BCUT2D eigenvalue weighted by molar-refractivity contribution is -0.114. The third-order valence-corrected chi connectivity index (χ3v) is 8.64. The molecule has 190 valence electrons. The Labute approximate surface area is 222 Å². The second-order valence-corrected chi connectivity index (χ2v) is 11.2. The first kappa shape index (κ1) is 25.3. The van der Waals surface area contributed by atoms with Gasteiger partial charge in [-0.05, 0) is 65.8 Å². The highest BCUT2D eigenvalue weighted by Gasteiger charge is 2.32. The monoisotopic (exact) mass is 514 g/mol. The van der Waals surface area contributed by atoms with E-state index in [9.17, 15) is 14.0 Å². The normalized spacial score (nSPS) is 22.6. The van der Waals surface area contributed by atoms with Gasteiger partial charge in [-0.1, -0.05) is 80.9 Å². The molecule has 4 nitrogen and oxygen atoms in total. The van der Waals surface area contributed by atoms with Crippen molar-refractivity contribution in [1.82, 2.24) is 5.32 Å². The summed E-state index contributed by atoms with van der Waals surface area (Å²) < 4.78 is 13.5. The van der Waals surface area contributed by atoms with Gasteiger partial charge in [0, 0.05) is 16.5 Å². The summed E-state index contributed by atoms with van der Waals surface area (Å²) >= 11 is 1.41. The smallest absolute Gasteiger partial charge is 0.265 e. The summed E-state index contributed by atoms with van der Waals surface area (Å²) in [5.41, 5.74) is 2.99. The molecule has 0 aromatic heterocycles. The molecule has 2 amide bonds. The summed E-state index contributed by atoms with van der Waals surface area (Å²) in [6, 6.07) is 21.6. The maximum Gasteiger partial charge on any atom is 0.265 e. The second kappa shape index (κ2) is 10.9. The van der Waals surface area contributed by atoms with E-state index in [2.05, 4.69) is 19.2 Å². The molecule has 1 aliphatic carbocycles. The Balaban J connectivity index is 1.47. The van der Waals surface area contributed by atoms with Crippen molar-refractivity contribution in [2.45, 2.75) is 50.6 Å². The first-order valence-electron chi connectivity index (χ1n) is 12.8. The predicted molar refractivity (Wildman–Crippen MR) is 148 cm³/mol. The SMILES string of the molecule is CC1CCCC(NC(=O)c2ccc3c(c2)N(Cc2ccc(F)cc2)C(=O)C(=Cc2ccccc2)S3)C1C. The summed E-state index contributed by atoms with van der Waals surface area (Å²) in [5, 5.41) is 3.24. The Hall–Kier alpha value is -3.38. The molecule has 0 bridgehead atoms. The van der Waals surface area contributed by atoms with Crippen molar-refractivity contribution >= 4 is 35.3 Å². The fraction of sp³-hybridized carbons (Fsp3) is 0.290. The zero-order valence-corrected chi connectivity index (χ0v) is 21.9. The summed E-state index contributed by atoms with van der Waals surface area (Å²) in [5.74, 6) is 0.432. The number of thioether (sulfide) groups is 1. The highest BCUT2D eigenvalue weighted by atomic mass is 32.2. The van der Waals surface area contributed by atoms with Gasteiger partial charge in [-0.3, -0.25) is 9.59 Å². The minimum Gasteiger partial charge on any atom is -0.349 e. The molecule has 37 heavy (non-hydrogen) atoms. The number of halogens is 1. The number of nitrogens with one attached hydrogen (secondary N) is 1. The number of carbonyl (C=O) groups is 2. The number of nitrogens with zero attached hydrogens (tertiary/aromatic N) is 1. The Morgan fingerprint density at radius 3 is 2.57 bits per heavy atom. The molecule has 1 heterocycles. The van der Waals surface area contributed by atoms with Gasteiger partial charge in [-0.15, -0.1) is 0 Å². The quantitative estimate of drug-likeness (QED) is 0.371. The average molecular weight is 515 g/mol. The van der Waals surface area contributed by atoms with E-state index in [1.165, 1.54) is 30.3 Å². The van der Waals surface area contributed by atoms with Gasteiger partial charge in [-0.2, -0.15) is 0 Å². The molecule has 6 heteroatoms. The van der Waals surface area contributed by atoms with E-state index < -0.39 is 0 Å². The molecule has 3 aromatic carbocycles. The minimum absolute atomic E-state index is 0.112. The molecule has 1 N–H and O–H groups in total. The van der Waals surface area contributed by atoms with E-state index in [1.807, 2.05) is 54.6 Å². The minimum atomic E-state index is -0.320. The van der Waals surface area contributed by atoms with Gasteiger partial charge in [0.15, 0.2) is 0 Å². The van der Waals surface area contributed by atoms with Crippen LogP contribution in [0.4, 0.5) is 10.1 Å². The fourth-order valence-corrected chi connectivity index (χ4v) is 6.16. The topological polar surface area (TPSA) is 49.4 Å². The van der Waals surface area contributed by atoms with Crippen molar-refractivity contribution in [2.75, 3.05) is 4.90 Å². The van der Waals surface area contributed by atoms with Crippen LogP contribution >= 0.6 is 11.8 Å². The number of hydrogen-bond donors (Lipinski definition) is 1. The van der Waals surface area contributed by atoms with E-state index in [4.69, 9.17) is 0 Å². The van der Waals surface area contributed by atoms with Gasteiger partial charge < -0.3 is 10.2 Å². The molecule has 0 radical (unpaired) electrons. The standard InChI is InChI=1S/C31H31FN2O2S/c1-20-7-6-10-26(21(20)2)33-30(35)24-13-16-28-27(18-24)34(19-23-11-14-25(32)15-12-23)31(36)29(37-28)17-22-8-4-3-5-9-22/h3-5,8-9,11-18,20-21,26H,6-7,10,19H2,1-2H3,(H,33,35). The van der Waals surface area contributed by atoms with Crippen LogP contribution in [0.1, 0.15) is 54.6 Å². The lowest BCUT2D eigenvalue weighted by atomic mass is 9.78. The second-order valence-electron chi connectivity index (χ2n) is 10.1. The number of benzene rings is 3. The molecule has 1 saturated carbocycles. The molecule has 1 aliphatic heterocycles. The van der Waals surface area contributed by atoms with Crippen LogP contribution in [0.25, 0.3) is 6.08 Å². The van der Waals surface area contributed by atoms with Gasteiger partial charge in [-0.25, -0.2) is 4.39 Å². The number of rotatable bonds is 5. The van der Waals surface area contributed by atoms with E-state index in [0.29, 0.717) is 28.0 Å². The first-order chi connectivity index (χ1) is 17.9. The van der Waals surface area contributed by atoms with Crippen molar-refractivity contribution in [3.8, 4) is 0 Å². The van der Waals surface area contributed by atoms with Crippen LogP contribution in [0.15, 0.2) is 82.6 Å². The van der Waals surface area contributed by atoms with E-state index in [0.717, 1.165) is 28.9 Å². The lowest BCUT2D eigenvalue weighted by Gasteiger charge is -2.35. The van der Waals surface area contributed by atoms with Gasteiger partial charge >= 0.3 is 0 Å². The van der Waals surface area contributed by atoms with Crippen LogP contribution in [0.2, 0.25) is 0 Å². The number of carbonyl (C=O) groups excluding carboxylic acids is 2. The van der Waals surface area contributed by atoms with Gasteiger partial charge in [0.25, 0.3) is 11.8 Å². The van der Waals surface area contributed by atoms with E-state index >= 15 is 0 Å². The van der Waals surface area contributed by atoms with E-state index in [1.54, 1.807) is 17.0 Å². The Morgan fingerprint density at radius 1 is 1.05 bits per heavy atom. The molecule has 0 spiro atoms. The maximum atomic E-state index is 13.7. The molecule has 3 atom stereocenters. The van der Waals surface area contributed by atoms with Gasteiger partial charge in [0.2, 0.25) is 0 Å². The molecular formula is C31H31FN2O2S. The van der Waals surface area contributed by atoms with E-state index in [-0.39, 0.29) is 30.2 Å². The molecule has 0 saturated heterocycles. The molecule has 1 fully saturated rings. The molecule has 5 rings (SSSR count). The Bertz CT molecular complexity index is 1320. The van der Waals surface area contributed by atoms with Crippen LogP contribution in [0.5, 0.6) is 0 Å². The molecule has 2 aliphatic rings. The van der Waals surface area contributed by atoms with Crippen molar-refractivity contribution in [1.29, 1.82) is 0 Å². The largest absolute Gasteiger partial charge is 0.349 e. The summed E-state index contributed by atoms with van der Waals surface area (Å²) in [6.45, 7) is 4.74. The van der Waals surface area contributed by atoms with Crippen molar-refractivity contribution < 1.29 is 14.0 Å². The van der Waals surface area contributed by atoms with Crippen LogP contribution in [0, 0.1) is 17.7 Å². The van der Waals surface area contributed by atoms with Gasteiger partial charge in [0.05, 0.1) is 17.1 Å². The Kier molecular flexibility index (Phi) is 7.47. The van der Waals surface area contributed by atoms with Crippen molar-refractivity contribution in [2.24, 2.45) is 11.8 Å². The summed E-state index contributed by atoms with van der Waals surface area (Å²) in [4.78, 5) is 30.2. The molecule has 3 aromatic rings. The molecular weight excluding hydrogens is 483 g/mol. The lowest BCUT2D eigenvalue weighted by Crippen LogP contribution is -2.43. The predicted octanol–water partition coefficient (Wildman–Crippen LogP) is 7.06.